The maximum atomic E-state index is 14.0. The summed E-state index contributed by atoms with van der Waals surface area (Å²) in [6, 6.07) is 13.3. The number of rotatable bonds is 13. The first-order valence-corrected chi connectivity index (χ1v) is 23.2. The molecule has 5 heterocycles. The first-order valence-electron chi connectivity index (χ1n) is 19.5. The van der Waals surface area contributed by atoms with E-state index in [0.717, 1.165) is 64.3 Å². The van der Waals surface area contributed by atoms with E-state index in [1.807, 2.05) is 43.7 Å². The number of fused-ring (bicyclic) bond motifs is 2. The van der Waals surface area contributed by atoms with Crippen LogP contribution in [-0.2, 0) is 16.2 Å². The fourth-order valence-electron chi connectivity index (χ4n) is 7.14. The van der Waals surface area contributed by atoms with Gasteiger partial charge in [0.05, 0.1) is 16.7 Å². The van der Waals surface area contributed by atoms with Crippen molar-refractivity contribution in [1.82, 2.24) is 29.7 Å². The van der Waals surface area contributed by atoms with Gasteiger partial charge in [-0.15, -0.1) is 0 Å². The highest BCUT2D eigenvalue weighted by Crippen LogP contribution is 2.31. The predicted octanol–water partition coefficient (Wildman–Crippen LogP) is 7.98. The molecule has 2 aliphatic heterocycles. The molecule has 6 rings (SSSR count). The number of anilines is 1. The lowest BCUT2D eigenvalue weighted by Crippen LogP contribution is -2.48. The molecule has 1 aromatic carbocycles. The normalized spacial score (nSPS) is 16.3. The van der Waals surface area contributed by atoms with E-state index in [4.69, 9.17) is 14.5 Å². The maximum Gasteiger partial charge on any atom is 0.410 e. The molecule has 53 heavy (non-hydrogen) atoms. The maximum absolute atomic E-state index is 14.0. The van der Waals surface area contributed by atoms with Gasteiger partial charge in [0.25, 0.3) is 5.91 Å². The number of hydrogen-bond donors (Lipinski definition) is 2. The average Bonchev–Trinajstić information content (AvgIpc) is 3.49. The zero-order chi connectivity index (χ0) is 37.6. The highest BCUT2D eigenvalue weighted by molar-refractivity contribution is 6.76. The summed E-state index contributed by atoms with van der Waals surface area (Å²) in [5.74, 6) is -0.139. The Kier molecular flexibility index (Phi) is 12.4. The Hall–Kier alpha value is -4.00. The zero-order valence-electron chi connectivity index (χ0n) is 32.7. The lowest BCUT2D eigenvalue weighted by atomic mass is 10.1. The SMILES string of the molecule is CC(C)(C)OC(=O)N1CCC(NC(=O)c2cc3ccc(-c4cc(NCCCN5CCCCC5)c5cnccc5n4)cc3n2COCC[Si](C)(C)C)CC1. The minimum Gasteiger partial charge on any atom is -0.444 e. The van der Waals surface area contributed by atoms with E-state index < -0.39 is 13.7 Å². The number of carbonyl (C=O) groups excluding carboxylic acids is 2. The van der Waals surface area contributed by atoms with Crippen LogP contribution in [0.15, 0.2) is 48.8 Å². The van der Waals surface area contributed by atoms with Gasteiger partial charge in [-0.05, 0) is 103 Å². The number of nitrogens with zero attached hydrogens (tertiary/aromatic N) is 5. The minimum absolute atomic E-state index is 0.0434. The van der Waals surface area contributed by atoms with Crippen LogP contribution in [0.3, 0.4) is 0 Å². The van der Waals surface area contributed by atoms with Crippen LogP contribution < -0.4 is 10.6 Å². The molecule has 4 aromatic rings. The Morgan fingerprint density at radius 3 is 2.49 bits per heavy atom. The number of aromatic nitrogens is 3. The van der Waals surface area contributed by atoms with Crippen LogP contribution in [0, 0.1) is 0 Å². The Balaban J connectivity index is 1.22. The molecule has 11 nitrogen and oxygen atoms in total. The molecule has 2 saturated heterocycles. The number of carbonyl (C=O) groups is 2. The van der Waals surface area contributed by atoms with E-state index in [0.29, 0.717) is 38.2 Å². The van der Waals surface area contributed by atoms with E-state index >= 15 is 0 Å². The Morgan fingerprint density at radius 2 is 1.75 bits per heavy atom. The van der Waals surface area contributed by atoms with Crippen LogP contribution in [0.25, 0.3) is 33.1 Å². The predicted molar refractivity (Wildman–Crippen MR) is 216 cm³/mol. The van der Waals surface area contributed by atoms with E-state index in [2.05, 4.69) is 64.4 Å². The average molecular weight is 742 g/mol. The van der Waals surface area contributed by atoms with Crippen molar-refractivity contribution in [1.29, 1.82) is 0 Å². The third-order valence-electron chi connectivity index (χ3n) is 10.2. The molecule has 0 spiro atoms. The number of nitrogens with one attached hydrogen (secondary N) is 2. The third-order valence-corrected chi connectivity index (χ3v) is 11.9. The van der Waals surface area contributed by atoms with Crippen LogP contribution in [0.1, 0.15) is 69.8 Å². The second kappa shape index (κ2) is 17.0. The highest BCUT2D eigenvalue weighted by atomic mass is 28.3. The van der Waals surface area contributed by atoms with Crippen molar-refractivity contribution in [2.24, 2.45) is 0 Å². The first kappa shape index (κ1) is 38.7. The molecule has 2 aliphatic rings. The van der Waals surface area contributed by atoms with Crippen LogP contribution in [0.5, 0.6) is 0 Å². The summed E-state index contributed by atoms with van der Waals surface area (Å²) in [5, 5.41) is 8.93. The summed E-state index contributed by atoms with van der Waals surface area (Å²) in [6.07, 6.45) is 9.74. The molecule has 12 heteroatoms. The number of pyridine rings is 2. The summed E-state index contributed by atoms with van der Waals surface area (Å²) in [7, 11) is -1.30. The topological polar surface area (TPSA) is 114 Å². The molecular weight excluding hydrogens is 683 g/mol. The van der Waals surface area contributed by atoms with Crippen molar-refractivity contribution in [3.8, 4) is 11.3 Å². The first-order chi connectivity index (χ1) is 25.3. The molecule has 286 valence electrons. The van der Waals surface area contributed by atoms with Gasteiger partial charge in [-0.25, -0.2) is 9.78 Å². The smallest absolute Gasteiger partial charge is 0.410 e. The van der Waals surface area contributed by atoms with Gasteiger partial charge < -0.3 is 34.5 Å². The molecule has 2 amide bonds. The standard InChI is InChI=1S/C41H59N7O4Si/c1-41(2,3)52-40(50)47-21-14-32(15-22-47)44-39(49)38-26-31-12-11-30(25-37(31)48(38)29-51-23-24-53(4,5)6)35-27-36(33-28-42-17-13-34(33)45-35)43-16-10-20-46-18-8-7-9-19-46/h11-13,17,25-28,32H,7-10,14-16,18-24,29H2,1-6H3,(H,43,45)(H,44,49). The quantitative estimate of drug-likeness (QED) is 0.105. The molecular formula is C41H59N7O4Si. The molecule has 2 fully saturated rings. The molecule has 0 bridgehead atoms. The highest BCUT2D eigenvalue weighted by Gasteiger charge is 2.28. The third kappa shape index (κ3) is 10.6. The second-order valence-corrected chi connectivity index (χ2v) is 22.5. The number of benzene rings is 1. The Bertz CT molecular complexity index is 1870. The largest absolute Gasteiger partial charge is 0.444 e. The van der Waals surface area contributed by atoms with Crippen molar-refractivity contribution in [3.05, 3.63) is 54.5 Å². The van der Waals surface area contributed by atoms with Gasteiger partial charge >= 0.3 is 6.09 Å². The lowest BCUT2D eigenvalue weighted by molar-refractivity contribution is 0.0199. The van der Waals surface area contributed by atoms with Crippen molar-refractivity contribution >= 4 is 47.6 Å². The van der Waals surface area contributed by atoms with Gasteiger partial charge in [-0.1, -0.05) is 38.2 Å². The van der Waals surface area contributed by atoms with Gasteiger partial charge in [-0.3, -0.25) is 9.78 Å². The van der Waals surface area contributed by atoms with Crippen LogP contribution >= 0.6 is 0 Å². The molecule has 3 aromatic heterocycles. The van der Waals surface area contributed by atoms with Crippen LogP contribution in [-0.4, -0.2) is 102 Å². The fraction of sp³-hybridized carbons (Fsp3) is 0.561. The summed E-state index contributed by atoms with van der Waals surface area (Å²) in [5.41, 5.74) is 4.69. The molecule has 0 radical (unpaired) electrons. The number of ether oxygens (including phenoxy) is 2. The van der Waals surface area contributed by atoms with Gasteiger partial charge in [0.2, 0.25) is 0 Å². The lowest BCUT2D eigenvalue weighted by Gasteiger charge is -2.33. The number of hydrogen-bond acceptors (Lipinski definition) is 8. The minimum atomic E-state index is -1.30. The van der Waals surface area contributed by atoms with E-state index in [1.54, 1.807) is 11.1 Å². The number of amides is 2. The summed E-state index contributed by atoms with van der Waals surface area (Å²) in [6.45, 7) is 19.0. The number of likely N-dealkylation sites (tertiary alicyclic amines) is 2. The molecule has 0 unspecified atom stereocenters. The monoisotopic (exact) mass is 741 g/mol. The number of piperidine rings is 2. The molecule has 0 saturated carbocycles. The van der Waals surface area contributed by atoms with Crippen molar-refractivity contribution < 1.29 is 19.1 Å². The van der Waals surface area contributed by atoms with Crippen molar-refractivity contribution in [2.75, 3.05) is 51.2 Å². The molecule has 0 aliphatic carbocycles. The van der Waals surface area contributed by atoms with Crippen molar-refractivity contribution in [3.63, 3.8) is 0 Å². The summed E-state index contributed by atoms with van der Waals surface area (Å²) < 4.78 is 13.8. The second-order valence-electron chi connectivity index (χ2n) is 16.9. The van der Waals surface area contributed by atoms with Crippen molar-refractivity contribution in [2.45, 2.75) is 103 Å². The van der Waals surface area contributed by atoms with E-state index in [9.17, 15) is 9.59 Å². The van der Waals surface area contributed by atoms with Gasteiger partial charge in [0.15, 0.2) is 0 Å². The summed E-state index contributed by atoms with van der Waals surface area (Å²) in [4.78, 5) is 40.3. The Labute approximate surface area is 315 Å². The molecule has 2 N–H and O–H groups in total. The fourth-order valence-corrected chi connectivity index (χ4v) is 7.90. The van der Waals surface area contributed by atoms with E-state index in [1.165, 1.54) is 32.4 Å². The Morgan fingerprint density at radius 1 is 0.981 bits per heavy atom. The summed E-state index contributed by atoms with van der Waals surface area (Å²) >= 11 is 0. The van der Waals surface area contributed by atoms with Crippen LogP contribution in [0.2, 0.25) is 25.7 Å². The zero-order valence-corrected chi connectivity index (χ0v) is 33.7. The van der Waals surface area contributed by atoms with E-state index in [-0.39, 0.29) is 24.8 Å². The van der Waals surface area contributed by atoms with Gasteiger partial charge in [0, 0.05) is 74.8 Å². The van der Waals surface area contributed by atoms with Crippen LogP contribution in [0.4, 0.5) is 10.5 Å². The molecule has 0 atom stereocenters. The van der Waals surface area contributed by atoms with Gasteiger partial charge in [0.1, 0.15) is 18.0 Å². The van der Waals surface area contributed by atoms with Gasteiger partial charge in [-0.2, -0.15) is 0 Å².